The summed E-state index contributed by atoms with van der Waals surface area (Å²) in [5.41, 5.74) is 9.05. The molecule has 2 aromatic carbocycles. The van der Waals surface area contributed by atoms with Gasteiger partial charge in [0.1, 0.15) is 5.82 Å². The van der Waals surface area contributed by atoms with Crippen molar-refractivity contribution in [3.8, 4) is 0 Å². The van der Waals surface area contributed by atoms with Crippen molar-refractivity contribution in [1.82, 2.24) is 0 Å². The van der Waals surface area contributed by atoms with Crippen LogP contribution in [0.4, 0.5) is 21.5 Å². The lowest BCUT2D eigenvalue weighted by Gasteiger charge is -2.12. The van der Waals surface area contributed by atoms with Gasteiger partial charge in [0.05, 0.1) is 11.4 Å². The van der Waals surface area contributed by atoms with Gasteiger partial charge in [0, 0.05) is 9.26 Å². The molecule has 0 saturated carbocycles. The molecule has 0 heterocycles. The van der Waals surface area contributed by atoms with Gasteiger partial charge in [-0.2, -0.15) is 0 Å². The lowest BCUT2D eigenvalue weighted by molar-refractivity contribution is 0.628. The number of nitrogen functional groups attached to an aromatic ring is 1. The van der Waals surface area contributed by atoms with E-state index in [0.717, 1.165) is 20.5 Å². The zero-order chi connectivity index (χ0) is 12.4. The van der Waals surface area contributed by atoms with Crippen molar-refractivity contribution >= 4 is 39.7 Å². The number of rotatable bonds is 2. The zero-order valence-corrected chi connectivity index (χ0v) is 11.5. The maximum atomic E-state index is 13.1. The number of halogens is 2. The van der Waals surface area contributed by atoms with E-state index in [2.05, 4.69) is 27.9 Å². The Bertz CT molecular complexity index is 555. The first-order chi connectivity index (χ1) is 8.06. The maximum Gasteiger partial charge on any atom is 0.125 e. The zero-order valence-electron chi connectivity index (χ0n) is 9.30. The third kappa shape index (κ3) is 2.88. The van der Waals surface area contributed by atoms with Crippen molar-refractivity contribution in [1.29, 1.82) is 0 Å². The molecule has 17 heavy (non-hydrogen) atoms. The van der Waals surface area contributed by atoms with Crippen molar-refractivity contribution in [3.63, 3.8) is 0 Å². The smallest absolute Gasteiger partial charge is 0.125 e. The van der Waals surface area contributed by atoms with E-state index in [4.69, 9.17) is 5.73 Å². The van der Waals surface area contributed by atoms with Crippen LogP contribution < -0.4 is 11.1 Å². The van der Waals surface area contributed by atoms with Gasteiger partial charge >= 0.3 is 0 Å². The number of hydrogen-bond acceptors (Lipinski definition) is 2. The van der Waals surface area contributed by atoms with E-state index in [1.165, 1.54) is 12.1 Å². The van der Waals surface area contributed by atoms with Gasteiger partial charge in [-0.3, -0.25) is 0 Å². The highest BCUT2D eigenvalue weighted by Crippen LogP contribution is 2.27. The number of anilines is 3. The van der Waals surface area contributed by atoms with Crippen molar-refractivity contribution in [2.24, 2.45) is 0 Å². The Kier molecular flexibility index (Phi) is 3.51. The van der Waals surface area contributed by atoms with E-state index in [-0.39, 0.29) is 5.82 Å². The van der Waals surface area contributed by atoms with Crippen molar-refractivity contribution < 1.29 is 4.39 Å². The average Bonchev–Trinajstić information content (AvgIpc) is 2.27. The highest BCUT2D eigenvalue weighted by Gasteiger charge is 2.04. The largest absolute Gasteiger partial charge is 0.397 e. The average molecular weight is 342 g/mol. The molecule has 0 radical (unpaired) electrons. The Balaban J connectivity index is 2.34. The van der Waals surface area contributed by atoms with Gasteiger partial charge in [-0.1, -0.05) is 6.07 Å². The van der Waals surface area contributed by atoms with Crippen LogP contribution in [0, 0.1) is 16.3 Å². The molecular weight excluding hydrogens is 330 g/mol. The van der Waals surface area contributed by atoms with Crippen LogP contribution in [0.25, 0.3) is 0 Å². The molecule has 2 nitrogen and oxygen atoms in total. The summed E-state index contributed by atoms with van der Waals surface area (Å²) in [6.45, 7) is 1.92. The van der Waals surface area contributed by atoms with E-state index in [0.29, 0.717) is 5.69 Å². The summed E-state index contributed by atoms with van der Waals surface area (Å²) in [7, 11) is 0. The van der Waals surface area contributed by atoms with Crippen molar-refractivity contribution in [2.75, 3.05) is 11.1 Å². The third-order valence-corrected chi connectivity index (χ3v) is 3.15. The van der Waals surface area contributed by atoms with E-state index in [1.807, 2.05) is 25.1 Å². The second-order valence-corrected chi connectivity index (χ2v) is 5.06. The van der Waals surface area contributed by atoms with Gasteiger partial charge in [0.25, 0.3) is 0 Å². The fourth-order valence-corrected chi connectivity index (χ4v) is 2.04. The number of nitrogens with one attached hydrogen (secondary N) is 1. The van der Waals surface area contributed by atoms with E-state index in [1.54, 1.807) is 6.07 Å². The number of nitrogens with two attached hydrogens (primary N) is 1. The first-order valence-electron chi connectivity index (χ1n) is 5.14. The van der Waals surface area contributed by atoms with Crippen LogP contribution in [-0.4, -0.2) is 0 Å². The quantitative estimate of drug-likeness (QED) is 0.638. The number of hydrogen-bond donors (Lipinski definition) is 2. The summed E-state index contributed by atoms with van der Waals surface area (Å²) in [6.07, 6.45) is 0. The molecule has 2 aromatic rings. The van der Waals surface area contributed by atoms with Gasteiger partial charge in [0.15, 0.2) is 0 Å². The highest BCUT2D eigenvalue weighted by molar-refractivity contribution is 14.1. The summed E-state index contributed by atoms with van der Waals surface area (Å²) >= 11 is 2.20. The van der Waals surface area contributed by atoms with Gasteiger partial charge in [-0.15, -0.1) is 0 Å². The molecule has 0 amide bonds. The molecule has 0 aliphatic heterocycles. The Labute approximate surface area is 113 Å². The Morgan fingerprint density at radius 1 is 1.12 bits per heavy atom. The monoisotopic (exact) mass is 342 g/mol. The Hall–Kier alpha value is -1.30. The summed E-state index contributed by atoms with van der Waals surface area (Å²) in [4.78, 5) is 0. The number of aryl methyl sites for hydroxylation is 1. The predicted molar refractivity (Wildman–Crippen MR) is 78.0 cm³/mol. The molecule has 0 bridgehead atoms. The molecule has 0 aliphatic carbocycles. The van der Waals surface area contributed by atoms with Gasteiger partial charge in [0.2, 0.25) is 0 Å². The molecule has 0 fully saturated rings. The van der Waals surface area contributed by atoms with Crippen LogP contribution in [0.3, 0.4) is 0 Å². The van der Waals surface area contributed by atoms with Crippen LogP contribution in [-0.2, 0) is 0 Å². The van der Waals surface area contributed by atoms with Crippen molar-refractivity contribution in [2.45, 2.75) is 6.92 Å². The molecule has 0 aliphatic rings. The van der Waals surface area contributed by atoms with Crippen LogP contribution in [0.5, 0.6) is 0 Å². The topological polar surface area (TPSA) is 38.0 Å². The van der Waals surface area contributed by atoms with E-state index >= 15 is 0 Å². The first-order valence-corrected chi connectivity index (χ1v) is 6.22. The molecule has 0 saturated heterocycles. The van der Waals surface area contributed by atoms with Crippen LogP contribution in [0.1, 0.15) is 5.56 Å². The number of benzene rings is 2. The Morgan fingerprint density at radius 2 is 1.88 bits per heavy atom. The van der Waals surface area contributed by atoms with Gasteiger partial charge < -0.3 is 11.1 Å². The summed E-state index contributed by atoms with van der Waals surface area (Å²) in [5, 5.41) is 3.14. The minimum atomic E-state index is -0.262. The summed E-state index contributed by atoms with van der Waals surface area (Å²) in [6, 6.07) is 10.4. The third-order valence-electron chi connectivity index (χ3n) is 2.48. The van der Waals surface area contributed by atoms with Gasteiger partial charge in [-0.25, -0.2) is 4.39 Å². The fraction of sp³-hybridized carbons (Fsp3) is 0.0769. The van der Waals surface area contributed by atoms with Crippen molar-refractivity contribution in [3.05, 3.63) is 51.3 Å². The normalized spacial score (nSPS) is 10.3. The highest BCUT2D eigenvalue weighted by atomic mass is 127. The molecule has 0 spiro atoms. The molecule has 88 valence electrons. The first kappa shape index (κ1) is 12.2. The lowest BCUT2D eigenvalue weighted by atomic mass is 10.2. The van der Waals surface area contributed by atoms with Crippen LogP contribution in [0.15, 0.2) is 36.4 Å². The second kappa shape index (κ2) is 4.91. The molecular formula is C13H12FIN2. The minimum absolute atomic E-state index is 0.262. The standard InChI is InChI=1S/C13H12FIN2/c1-8-2-3-9(14)6-13(8)17-12-5-4-10(15)7-11(12)16/h2-7,17H,16H2,1H3. The minimum Gasteiger partial charge on any atom is -0.397 e. The Morgan fingerprint density at radius 3 is 2.59 bits per heavy atom. The molecule has 0 aromatic heterocycles. The molecule has 0 unspecified atom stereocenters. The van der Waals surface area contributed by atoms with Crippen LogP contribution in [0.2, 0.25) is 0 Å². The van der Waals surface area contributed by atoms with Gasteiger partial charge in [-0.05, 0) is 65.4 Å². The maximum absolute atomic E-state index is 13.1. The molecule has 0 atom stereocenters. The van der Waals surface area contributed by atoms with Crippen LogP contribution >= 0.6 is 22.6 Å². The fourth-order valence-electron chi connectivity index (χ4n) is 1.52. The van der Waals surface area contributed by atoms with E-state index in [9.17, 15) is 4.39 Å². The lowest BCUT2D eigenvalue weighted by Crippen LogP contribution is -1.98. The van der Waals surface area contributed by atoms with E-state index < -0.39 is 0 Å². The molecule has 3 N–H and O–H groups in total. The molecule has 2 rings (SSSR count). The summed E-state index contributed by atoms with van der Waals surface area (Å²) < 4.78 is 14.2. The second-order valence-electron chi connectivity index (χ2n) is 3.82. The predicted octanol–water partition coefficient (Wildman–Crippen LogP) is 4.06. The summed E-state index contributed by atoms with van der Waals surface area (Å²) in [5.74, 6) is -0.262. The molecule has 4 heteroatoms. The SMILES string of the molecule is Cc1ccc(F)cc1Nc1ccc(I)cc1N.